The molecule has 4 nitrogen and oxygen atoms in total. The second-order valence-electron chi connectivity index (χ2n) is 5.63. The van der Waals surface area contributed by atoms with Crippen molar-refractivity contribution >= 4 is 11.7 Å². The number of esters is 1. The van der Waals surface area contributed by atoms with Gasteiger partial charge < -0.3 is 14.6 Å². The van der Waals surface area contributed by atoms with Crippen LogP contribution in [0.4, 0.5) is 0 Å². The molecule has 1 aliphatic heterocycles. The van der Waals surface area contributed by atoms with E-state index < -0.39 is 0 Å². The molecule has 1 aromatic carbocycles. The third-order valence-electron chi connectivity index (χ3n) is 4.14. The molecule has 1 aliphatic carbocycles. The van der Waals surface area contributed by atoms with Crippen LogP contribution in [0, 0.1) is 12.8 Å². The van der Waals surface area contributed by atoms with Crippen molar-refractivity contribution in [2.75, 3.05) is 6.61 Å². The topological polar surface area (TPSA) is 55.8 Å². The number of phenolic OH excluding ortho intramolecular Hbond substituents is 1. The molecule has 0 bridgehead atoms. The van der Waals surface area contributed by atoms with Gasteiger partial charge in [0.25, 0.3) is 0 Å². The molecule has 116 valence electrons. The molecule has 0 amide bonds. The first-order valence-electron chi connectivity index (χ1n) is 7.67. The van der Waals surface area contributed by atoms with Gasteiger partial charge in [0.15, 0.2) is 0 Å². The quantitative estimate of drug-likeness (QED) is 0.862. The van der Waals surface area contributed by atoms with Gasteiger partial charge in [-0.15, -0.1) is 0 Å². The SMILES string of the molecule is CCOC(=O)C1=C(CC)OC(c2ccc(C)c(O)c2)=C2CC21. The molecular weight excluding hydrogens is 280 g/mol. The smallest absolute Gasteiger partial charge is 0.338 e. The Morgan fingerprint density at radius 2 is 2.18 bits per heavy atom. The zero-order chi connectivity index (χ0) is 15.9. The van der Waals surface area contributed by atoms with E-state index in [9.17, 15) is 9.90 Å². The molecule has 1 fully saturated rings. The van der Waals surface area contributed by atoms with Gasteiger partial charge >= 0.3 is 5.97 Å². The lowest BCUT2D eigenvalue weighted by atomic mass is 10.0. The molecule has 22 heavy (non-hydrogen) atoms. The van der Waals surface area contributed by atoms with Crippen LogP contribution in [-0.2, 0) is 14.3 Å². The van der Waals surface area contributed by atoms with Gasteiger partial charge in [-0.1, -0.05) is 19.1 Å². The molecule has 0 spiro atoms. The van der Waals surface area contributed by atoms with Crippen LogP contribution >= 0.6 is 0 Å². The Hall–Kier alpha value is -2.23. The van der Waals surface area contributed by atoms with E-state index in [1.54, 1.807) is 13.0 Å². The van der Waals surface area contributed by atoms with Crippen molar-refractivity contribution < 1.29 is 19.4 Å². The molecule has 3 rings (SSSR count). The Morgan fingerprint density at radius 1 is 1.41 bits per heavy atom. The van der Waals surface area contributed by atoms with E-state index in [1.807, 2.05) is 26.0 Å². The van der Waals surface area contributed by atoms with Crippen LogP contribution in [0.1, 0.15) is 37.8 Å². The minimum absolute atomic E-state index is 0.112. The molecule has 0 saturated heterocycles. The number of aryl methyl sites for hydroxylation is 1. The standard InChI is InChI=1S/C18H20O4/c1-4-15-16(18(20)21-5-2)12-9-13(12)17(22-15)11-7-6-10(3)14(19)8-11/h6-8,12,19H,4-5,9H2,1-3H3. The third-order valence-corrected chi connectivity index (χ3v) is 4.14. The number of carbonyl (C=O) groups excluding carboxylic acids is 1. The number of hydrogen-bond acceptors (Lipinski definition) is 4. The van der Waals surface area contributed by atoms with Crippen LogP contribution in [-0.4, -0.2) is 17.7 Å². The summed E-state index contributed by atoms with van der Waals surface area (Å²) >= 11 is 0. The van der Waals surface area contributed by atoms with Crippen molar-refractivity contribution in [2.45, 2.75) is 33.6 Å². The van der Waals surface area contributed by atoms with E-state index in [4.69, 9.17) is 9.47 Å². The largest absolute Gasteiger partial charge is 0.508 e. The number of carbonyl (C=O) groups is 1. The summed E-state index contributed by atoms with van der Waals surface area (Å²) in [5.41, 5.74) is 3.47. The monoisotopic (exact) mass is 300 g/mol. The van der Waals surface area contributed by atoms with Gasteiger partial charge in [0.05, 0.1) is 12.2 Å². The Balaban J connectivity index is 1.94. The van der Waals surface area contributed by atoms with Gasteiger partial charge in [0.1, 0.15) is 17.3 Å². The summed E-state index contributed by atoms with van der Waals surface area (Å²) in [5, 5.41) is 9.90. The molecule has 0 aromatic heterocycles. The third kappa shape index (κ3) is 2.39. The second-order valence-corrected chi connectivity index (χ2v) is 5.63. The van der Waals surface area contributed by atoms with Gasteiger partial charge in [-0.05, 0) is 37.5 Å². The van der Waals surface area contributed by atoms with Crippen LogP contribution in [0.3, 0.4) is 0 Å². The maximum absolute atomic E-state index is 12.1. The Kier molecular flexibility index (Phi) is 3.69. The summed E-state index contributed by atoms with van der Waals surface area (Å²) in [7, 11) is 0. The fourth-order valence-electron chi connectivity index (χ4n) is 2.85. The number of hydrogen-bond donors (Lipinski definition) is 1. The van der Waals surface area contributed by atoms with Crippen LogP contribution in [0.2, 0.25) is 0 Å². The minimum Gasteiger partial charge on any atom is -0.508 e. The highest BCUT2D eigenvalue weighted by Crippen LogP contribution is 2.54. The lowest BCUT2D eigenvalue weighted by molar-refractivity contribution is -0.139. The van der Waals surface area contributed by atoms with Crippen LogP contribution in [0.25, 0.3) is 5.76 Å². The van der Waals surface area contributed by atoms with E-state index in [0.29, 0.717) is 24.4 Å². The van der Waals surface area contributed by atoms with Crippen molar-refractivity contribution in [3.63, 3.8) is 0 Å². The Bertz CT molecular complexity index is 697. The molecule has 1 saturated carbocycles. The molecule has 1 atom stereocenters. The molecule has 0 radical (unpaired) electrons. The summed E-state index contributed by atoms with van der Waals surface area (Å²) in [4.78, 5) is 12.1. The van der Waals surface area contributed by atoms with Gasteiger partial charge in [-0.25, -0.2) is 4.79 Å². The first-order valence-corrected chi connectivity index (χ1v) is 7.67. The first-order chi connectivity index (χ1) is 10.6. The highest BCUT2D eigenvalue weighted by atomic mass is 16.5. The van der Waals surface area contributed by atoms with E-state index in [0.717, 1.165) is 28.9 Å². The summed E-state index contributed by atoms with van der Waals surface area (Å²) in [5.74, 6) is 1.56. The van der Waals surface area contributed by atoms with Crippen LogP contribution < -0.4 is 0 Å². The van der Waals surface area contributed by atoms with Crippen molar-refractivity contribution in [3.8, 4) is 5.75 Å². The molecule has 1 N–H and O–H groups in total. The van der Waals surface area contributed by atoms with E-state index >= 15 is 0 Å². The van der Waals surface area contributed by atoms with Gasteiger partial charge in [-0.2, -0.15) is 0 Å². The molecule has 1 heterocycles. The summed E-state index contributed by atoms with van der Waals surface area (Å²) in [6.45, 7) is 5.99. The predicted octanol–water partition coefficient (Wildman–Crippen LogP) is 3.69. The van der Waals surface area contributed by atoms with Crippen molar-refractivity contribution in [2.24, 2.45) is 5.92 Å². The number of rotatable bonds is 4. The normalized spacial score (nSPS) is 19.7. The molecule has 4 heteroatoms. The van der Waals surface area contributed by atoms with Crippen LogP contribution in [0.15, 0.2) is 35.1 Å². The number of fused-ring (bicyclic) bond motifs is 1. The Morgan fingerprint density at radius 3 is 2.82 bits per heavy atom. The number of allylic oxidation sites excluding steroid dienone is 2. The highest BCUT2D eigenvalue weighted by molar-refractivity contribution is 5.94. The Labute approximate surface area is 130 Å². The molecular formula is C18H20O4. The van der Waals surface area contributed by atoms with E-state index in [2.05, 4.69) is 0 Å². The molecule has 1 aromatic rings. The van der Waals surface area contributed by atoms with Gasteiger partial charge in [-0.3, -0.25) is 0 Å². The second kappa shape index (κ2) is 5.52. The number of phenols is 1. The molecule has 1 unspecified atom stereocenters. The predicted molar refractivity (Wildman–Crippen MR) is 82.9 cm³/mol. The van der Waals surface area contributed by atoms with Gasteiger partial charge in [0, 0.05) is 17.9 Å². The first kappa shape index (κ1) is 14.7. The maximum atomic E-state index is 12.1. The van der Waals surface area contributed by atoms with E-state index in [1.165, 1.54) is 0 Å². The minimum atomic E-state index is -0.273. The lowest BCUT2D eigenvalue weighted by Gasteiger charge is -2.20. The van der Waals surface area contributed by atoms with Crippen LogP contribution in [0.5, 0.6) is 5.75 Å². The number of aromatic hydroxyl groups is 1. The van der Waals surface area contributed by atoms with Crippen molar-refractivity contribution in [1.82, 2.24) is 0 Å². The maximum Gasteiger partial charge on any atom is 0.338 e. The fourth-order valence-corrected chi connectivity index (χ4v) is 2.85. The summed E-state index contributed by atoms with van der Waals surface area (Å²) in [6, 6.07) is 5.53. The summed E-state index contributed by atoms with van der Waals surface area (Å²) < 4.78 is 11.1. The van der Waals surface area contributed by atoms with E-state index in [-0.39, 0.29) is 17.6 Å². The number of benzene rings is 1. The zero-order valence-corrected chi connectivity index (χ0v) is 13.1. The van der Waals surface area contributed by atoms with Gasteiger partial charge in [0.2, 0.25) is 0 Å². The molecule has 2 aliphatic rings. The van der Waals surface area contributed by atoms with Crippen molar-refractivity contribution in [3.05, 3.63) is 46.2 Å². The number of ether oxygens (including phenoxy) is 2. The average Bonchev–Trinajstić information content (AvgIpc) is 3.28. The highest BCUT2D eigenvalue weighted by Gasteiger charge is 2.46. The zero-order valence-electron chi connectivity index (χ0n) is 13.1. The average molecular weight is 300 g/mol. The summed E-state index contributed by atoms with van der Waals surface area (Å²) in [6.07, 6.45) is 1.46. The fraction of sp³-hybridized carbons (Fsp3) is 0.389. The lowest BCUT2D eigenvalue weighted by Crippen LogP contribution is -2.15. The van der Waals surface area contributed by atoms with Crippen molar-refractivity contribution in [1.29, 1.82) is 0 Å².